The van der Waals surface area contributed by atoms with Gasteiger partial charge in [-0.1, -0.05) is 49.1 Å². The first-order valence-corrected chi connectivity index (χ1v) is 10.8. The third-order valence-electron chi connectivity index (χ3n) is 4.94. The van der Waals surface area contributed by atoms with Crippen LogP contribution in [0.5, 0.6) is 5.75 Å². The Bertz CT molecular complexity index is 1020. The fourth-order valence-corrected chi connectivity index (χ4v) is 6.27. The minimum atomic E-state index is -0.709. The quantitative estimate of drug-likeness (QED) is 0.181. The Morgan fingerprint density at radius 1 is 1.00 bits per heavy atom. The van der Waals surface area contributed by atoms with Gasteiger partial charge in [0.15, 0.2) is 14.7 Å². The van der Waals surface area contributed by atoms with E-state index in [0.29, 0.717) is 5.75 Å². The molecule has 4 heteroatoms. The molecule has 0 atom stereocenters. The molecule has 146 valence electrons. The minimum Gasteiger partial charge on any atom is -0.430 e. The molecule has 0 N–H and O–H groups in total. The predicted octanol–water partition coefficient (Wildman–Crippen LogP) is 6.00. The third kappa shape index (κ3) is 3.81. The molecule has 1 aliphatic rings. The maximum absolute atomic E-state index is 11.9. The molecule has 0 saturated carbocycles. The fourth-order valence-electron chi connectivity index (χ4n) is 3.70. The van der Waals surface area contributed by atoms with E-state index in [4.69, 9.17) is 9.47 Å². The van der Waals surface area contributed by atoms with Crippen LogP contribution in [0.2, 0.25) is 0 Å². The molecule has 0 unspecified atom stereocenters. The third-order valence-corrected chi connectivity index (χ3v) is 7.32. The normalized spacial score (nSPS) is 12.6. The first-order valence-electron chi connectivity index (χ1n) is 9.55. The second-order valence-electron chi connectivity index (χ2n) is 7.04. The van der Waals surface area contributed by atoms with Crippen molar-refractivity contribution in [3.63, 3.8) is 0 Å². The standard InChI is InChI=1S/C25H23O3S/c1-4-13-27-25(26)28-24-17(2)14-21(15-18(24)3)29-22-11-7-5-9-19(22)16-20-10-6-8-12-23(20)29/h4-12,14-15H,1,13,16H2,2-3H3/q+1. The molecule has 0 saturated heterocycles. The van der Waals surface area contributed by atoms with Gasteiger partial charge in [-0.05, 0) is 37.1 Å². The number of benzene rings is 3. The van der Waals surface area contributed by atoms with E-state index in [1.54, 1.807) is 0 Å². The van der Waals surface area contributed by atoms with Crippen LogP contribution in [0.1, 0.15) is 22.3 Å². The smallest absolute Gasteiger partial charge is 0.430 e. The Morgan fingerprint density at radius 3 is 2.10 bits per heavy atom. The second-order valence-corrected chi connectivity index (χ2v) is 9.00. The summed E-state index contributed by atoms with van der Waals surface area (Å²) in [5.41, 5.74) is 4.59. The van der Waals surface area contributed by atoms with Crippen molar-refractivity contribution in [2.75, 3.05) is 6.61 Å². The number of carbonyl (C=O) groups excluding carboxylic acids is 1. The fraction of sp³-hybridized carbons (Fsp3) is 0.160. The molecule has 0 bridgehead atoms. The van der Waals surface area contributed by atoms with Crippen LogP contribution < -0.4 is 4.74 Å². The lowest BCUT2D eigenvalue weighted by atomic mass is 10.0. The van der Waals surface area contributed by atoms with Crippen LogP contribution in [0.15, 0.2) is 88.0 Å². The van der Waals surface area contributed by atoms with Gasteiger partial charge in [-0.3, -0.25) is 0 Å². The van der Waals surface area contributed by atoms with E-state index in [0.717, 1.165) is 17.5 Å². The lowest BCUT2D eigenvalue weighted by Crippen LogP contribution is -2.16. The van der Waals surface area contributed by atoms with Crippen molar-refractivity contribution < 1.29 is 14.3 Å². The lowest BCUT2D eigenvalue weighted by molar-refractivity contribution is 0.109. The number of hydrogen-bond donors (Lipinski definition) is 0. The zero-order valence-electron chi connectivity index (χ0n) is 16.6. The van der Waals surface area contributed by atoms with E-state index in [-0.39, 0.29) is 17.5 Å². The molecule has 0 fully saturated rings. The van der Waals surface area contributed by atoms with Crippen molar-refractivity contribution in [3.05, 3.63) is 95.6 Å². The summed E-state index contributed by atoms with van der Waals surface area (Å²) < 4.78 is 10.4. The molecule has 3 aromatic rings. The second kappa shape index (κ2) is 8.18. The Labute approximate surface area is 174 Å². The first-order chi connectivity index (χ1) is 14.1. The summed E-state index contributed by atoms with van der Waals surface area (Å²) >= 11 is 0. The molecule has 1 heterocycles. The summed E-state index contributed by atoms with van der Waals surface area (Å²) in [5.74, 6) is 0.560. The molecule has 0 spiro atoms. The molecule has 0 radical (unpaired) electrons. The number of fused-ring (bicyclic) bond motifs is 2. The van der Waals surface area contributed by atoms with Crippen LogP contribution in [-0.4, -0.2) is 12.8 Å². The summed E-state index contributed by atoms with van der Waals surface area (Å²) in [6.45, 7) is 7.61. The van der Waals surface area contributed by atoms with Crippen LogP contribution in [-0.2, 0) is 22.1 Å². The number of hydrogen-bond acceptors (Lipinski definition) is 3. The summed E-state index contributed by atoms with van der Waals surface area (Å²) in [5, 5.41) is 0. The van der Waals surface area contributed by atoms with Crippen LogP contribution >= 0.6 is 0 Å². The molecule has 1 aliphatic heterocycles. The van der Waals surface area contributed by atoms with Gasteiger partial charge in [0, 0.05) is 29.7 Å². The highest BCUT2D eigenvalue weighted by Gasteiger charge is 2.37. The summed E-state index contributed by atoms with van der Waals surface area (Å²) in [7, 11) is -0.189. The summed E-state index contributed by atoms with van der Waals surface area (Å²) in [4.78, 5) is 15.9. The van der Waals surface area contributed by atoms with Crippen LogP contribution in [0.25, 0.3) is 0 Å². The van der Waals surface area contributed by atoms with Gasteiger partial charge in [-0.25, -0.2) is 4.79 Å². The summed E-state index contributed by atoms with van der Waals surface area (Å²) in [6.07, 6.45) is 1.77. The monoisotopic (exact) mass is 403 g/mol. The maximum atomic E-state index is 11.9. The Kier molecular flexibility index (Phi) is 5.45. The van der Waals surface area contributed by atoms with E-state index >= 15 is 0 Å². The zero-order chi connectivity index (χ0) is 20.4. The molecule has 29 heavy (non-hydrogen) atoms. The molecule has 0 aromatic heterocycles. The van der Waals surface area contributed by atoms with E-state index < -0.39 is 6.16 Å². The van der Waals surface area contributed by atoms with E-state index in [9.17, 15) is 4.79 Å². The molecule has 3 nitrogen and oxygen atoms in total. The van der Waals surface area contributed by atoms with Crippen molar-refractivity contribution in [2.45, 2.75) is 35.0 Å². The van der Waals surface area contributed by atoms with E-state index in [2.05, 4.69) is 67.2 Å². The van der Waals surface area contributed by atoms with E-state index in [1.165, 1.54) is 31.9 Å². The van der Waals surface area contributed by atoms with Gasteiger partial charge in [0.1, 0.15) is 12.4 Å². The number of ether oxygens (including phenoxy) is 2. The van der Waals surface area contributed by atoms with Gasteiger partial charge in [0.25, 0.3) is 0 Å². The van der Waals surface area contributed by atoms with Gasteiger partial charge < -0.3 is 9.47 Å². The maximum Gasteiger partial charge on any atom is 0.514 e. The van der Waals surface area contributed by atoms with Crippen molar-refractivity contribution in [2.24, 2.45) is 0 Å². The Morgan fingerprint density at radius 2 is 1.55 bits per heavy atom. The van der Waals surface area contributed by atoms with Crippen LogP contribution in [0, 0.1) is 13.8 Å². The van der Waals surface area contributed by atoms with Crippen molar-refractivity contribution >= 4 is 17.1 Å². The van der Waals surface area contributed by atoms with E-state index in [1.807, 2.05) is 13.8 Å². The van der Waals surface area contributed by atoms with Gasteiger partial charge in [0.05, 0.1) is 10.9 Å². The highest BCUT2D eigenvalue weighted by Crippen LogP contribution is 2.42. The molecular weight excluding hydrogens is 380 g/mol. The van der Waals surface area contributed by atoms with Crippen LogP contribution in [0.4, 0.5) is 4.79 Å². The van der Waals surface area contributed by atoms with Gasteiger partial charge in [0.2, 0.25) is 0 Å². The van der Waals surface area contributed by atoms with Crippen molar-refractivity contribution in [3.8, 4) is 5.75 Å². The molecule has 0 aliphatic carbocycles. The zero-order valence-corrected chi connectivity index (χ0v) is 17.4. The number of carbonyl (C=O) groups is 1. The van der Waals surface area contributed by atoms with Crippen LogP contribution in [0.3, 0.4) is 0 Å². The van der Waals surface area contributed by atoms with Gasteiger partial charge >= 0.3 is 6.16 Å². The van der Waals surface area contributed by atoms with Crippen molar-refractivity contribution in [1.82, 2.24) is 0 Å². The highest BCUT2D eigenvalue weighted by atomic mass is 32.2. The first kappa shape index (κ1) is 19.3. The largest absolute Gasteiger partial charge is 0.514 e. The number of rotatable bonds is 4. The molecule has 0 amide bonds. The average molecular weight is 404 g/mol. The van der Waals surface area contributed by atoms with Gasteiger partial charge in [-0.15, -0.1) is 0 Å². The number of aryl methyl sites for hydroxylation is 2. The average Bonchev–Trinajstić information content (AvgIpc) is 2.72. The van der Waals surface area contributed by atoms with Crippen molar-refractivity contribution in [1.29, 1.82) is 0 Å². The molecular formula is C25H23O3S+. The SMILES string of the molecule is C=CCOC(=O)Oc1c(C)cc([S+]2c3ccccc3Cc3ccccc32)cc1C. The molecule has 4 rings (SSSR count). The lowest BCUT2D eigenvalue weighted by Gasteiger charge is -2.20. The summed E-state index contributed by atoms with van der Waals surface area (Å²) in [6, 6.07) is 21.6. The molecule has 3 aromatic carbocycles. The topological polar surface area (TPSA) is 35.5 Å². The predicted molar refractivity (Wildman–Crippen MR) is 116 cm³/mol. The Balaban J connectivity index is 1.76. The highest BCUT2D eigenvalue weighted by molar-refractivity contribution is 7.97. The Hall–Kier alpha value is -2.98. The minimum absolute atomic E-state index is 0.131. The van der Waals surface area contributed by atoms with Gasteiger partial charge in [-0.2, -0.15) is 0 Å².